The average molecular weight is 423 g/mol. The number of thiophene rings is 1. The van der Waals surface area contributed by atoms with Crippen LogP contribution in [0, 0.1) is 0 Å². The lowest BCUT2D eigenvalue weighted by Gasteiger charge is -2.25. The van der Waals surface area contributed by atoms with Crippen molar-refractivity contribution in [3.8, 4) is 0 Å². The zero-order chi connectivity index (χ0) is 18.8. The van der Waals surface area contributed by atoms with Crippen molar-refractivity contribution in [3.63, 3.8) is 0 Å². The Kier molecular flexibility index (Phi) is 5.26. The van der Waals surface area contributed by atoms with E-state index in [-0.39, 0.29) is 5.69 Å². The highest BCUT2D eigenvalue weighted by atomic mass is 35.5. The third kappa shape index (κ3) is 3.77. The van der Waals surface area contributed by atoms with Gasteiger partial charge in [0.15, 0.2) is 5.13 Å². The second-order valence-electron chi connectivity index (χ2n) is 5.76. The molecule has 27 heavy (non-hydrogen) atoms. The predicted octanol–water partition coefficient (Wildman–Crippen LogP) is 2.92. The minimum Gasteiger partial charge on any atom is -0.378 e. The predicted molar refractivity (Wildman–Crippen MR) is 107 cm³/mol. The molecule has 2 amide bonds. The third-order valence-electron chi connectivity index (χ3n) is 4.04. The number of hydrogen-bond donors (Lipinski definition) is 2. The van der Waals surface area contributed by atoms with Gasteiger partial charge >= 0.3 is 0 Å². The molecule has 0 aliphatic carbocycles. The largest absolute Gasteiger partial charge is 0.378 e. The van der Waals surface area contributed by atoms with Crippen molar-refractivity contribution in [3.05, 3.63) is 45.2 Å². The van der Waals surface area contributed by atoms with Crippen LogP contribution in [0.5, 0.6) is 0 Å². The lowest BCUT2D eigenvalue weighted by atomic mass is 10.2. The van der Waals surface area contributed by atoms with Gasteiger partial charge in [0.2, 0.25) is 0 Å². The quantitative estimate of drug-likeness (QED) is 0.634. The fourth-order valence-electron chi connectivity index (χ4n) is 2.66. The number of benzene rings is 1. The molecule has 140 valence electrons. The highest BCUT2D eigenvalue weighted by molar-refractivity contribution is 7.21. The van der Waals surface area contributed by atoms with Crippen molar-refractivity contribution in [2.45, 2.75) is 0 Å². The van der Waals surface area contributed by atoms with Crippen molar-refractivity contribution >= 4 is 61.3 Å². The average Bonchev–Trinajstić information content (AvgIpc) is 3.32. The highest BCUT2D eigenvalue weighted by Crippen LogP contribution is 2.34. The molecule has 2 N–H and O–H groups in total. The number of anilines is 1. The highest BCUT2D eigenvalue weighted by Gasteiger charge is 2.20. The van der Waals surface area contributed by atoms with Crippen LogP contribution in [0.1, 0.15) is 20.2 Å². The summed E-state index contributed by atoms with van der Waals surface area (Å²) < 4.78 is 6.22. The van der Waals surface area contributed by atoms with Crippen LogP contribution in [0.2, 0.25) is 5.02 Å². The Hall–Kier alpha value is -2.20. The molecule has 0 radical (unpaired) electrons. The first-order valence-electron chi connectivity index (χ1n) is 8.19. The maximum absolute atomic E-state index is 12.4. The number of nitrogens with one attached hydrogen (secondary N) is 2. The molecular formula is C17H15ClN4O3S2. The van der Waals surface area contributed by atoms with Crippen LogP contribution in [0.4, 0.5) is 5.13 Å². The lowest BCUT2D eigenvalue weighted by Crippen LogP contribution is -2.41. The van der Waals surface area contributed by atoms with Crippen molar-refractivity contribution in [1.82, 2.24) is 15.8 Å². The molecule has 1 aliphatic rings. The lowest BCUT2D eigenvalue weighted by molar-refractivity contribution is 0.0846. The molecule has 1 fully saturated rings. The number of morpholine rings is 1. The van der Waals surface area contributed by atoms with Crippen LogP contribution in [0.15, 0.2) is 29.6 Å². The molecule has 2 aromatic heterocycles. The Morgan fingerprint density at radius 2 is 1.89 bits per heavy atom. The number of halogens is 1. The van der Waals surface area contributed by atoms with Crippen molar-refractivity contribution in [2.24, 2.45) is 0 Å². The minimum absolute atomic E-state index is 0.254. The van der Waals surface area contributed by atoms with E-state index < -0.39 is 11.8 Å². The second-order valence-corrected chi connectivity index (χ2v) is 8.03. The number of hydrazine groups is 1. The van der Waals surface area contributed by atoms with Gasteiger partial charge in [-0.2, -0.15) is 0 Å². The van der Waals surface area contributed by atoms with Crippen LogP contribution in [0.3, 0.4) is 0 Å². The monoisotopic (exact) mass is 422 g/mol. The van der Waals surface area contributed by atoms with E-state index >= 15 is 0 Å². The zero-order valence-corrected chi connectivity index (χ0v) is 16.4. The molecule has 1 aromatic carbocycles. The van der Waals surface area contributed by atoms with E-state index in [4.69, 9.17) is 16.3 Å². The molecule has 7 nitrogen and oxygen atoms in total. The first-order valence-corrected chi connectivity index (χ1v) is 10.3. The number of nitrogens with zero attached hydrogens (tertiary/aromatic N) is 2. The number of amides is 2. The molecule has 0 spiro atoms. The van der Waals surface area contributed by atoms with Gasteiger partial charge in [0.05, 0.1) is 18.2 Å². The van der Waals surface area contributed by atoms with E-state index in [2.05, 4.69) is 20.7 Å². The van der Waals surface area contributed by atoms with E-state index in [1.165, 1.54) is 22.7 Å². The van der Waals surface area contributed by atoms with Gasteiger partial charge in [-0.1, -0.05) is 29.8 Å². The van der Waals surface area contributed by atoms with E-state index in [1.807, 2.05) is 24.3 Å². The van der Waals surface area contributed by atoms with Crippen molar-refractivity contribution in [1.29, 1.82) is 0 Å². The summed E-state index contributed by atoms with van der Waals surface area (Å²) in [5.41, 5.74) is 5.06. The SMILES string of the molecule is O=C(NNC(=O)c1sc2ccccc2c1Cl)c1csc(N2CCOCC2)n1. The molecule has 3 heterocycles. The van der Waals surface area contributed by atoms with Crippen molar-refractivity contribution < 1.29 is 14.3 Å². The molecule has 1 aliphatic heterocycles. The zero-order valence-electron chi connectivity index (χ0n) is 14.0. The summed E-state index contributed by atoms with van der Waals surface area (Å²) >= 11 is 8.95. The van der Waals surface area contributed by atoms with Crippen LogP contribution in [-0.2, 0) is 4.74 Å². The number of thiazole rings is 1. The molecule has 10 heteroatoms. The summed E-state index contributed by atoms with van der Waals surface area (Å²) in [5.74, 6) is -0.936. The maximum Gasteiger partial charge on any atom is 0.289 e. The van der Waals surface area contributed by atoms with Crippen LogP contribution in [-0.4, -0.2) is 43.1 Å². The Morgan fingerprint density at radius 1 is 1.15 bits per heavy atom. The van der Waals surface area contributed by atoms with Gasteiger partial charge in [0.1, 0.15) is 10.6 Å². The van der Waals surface area contributed by atoms with Crippen LogP contribution >= 0.6 is 34.3 Å². The Morgan fingerprint density at radius 3 is 2.67 bits per heavy atom. The minimum atomic E-state index is -0.476. The van der Waals surface area contributed by atoms with E-state index in [0.717, 1.165) is 28.3 Å². The van der Waals surface area contributed by atoms with E-state index in [9.17, 15) is 9.59 Å². The molecular weight excluding hydrogens is 408 g/mol. The first-order chi connectivity index (χ1) is 13.1. The first kappa shape index (κ1) is 18.2. The third-order valence-corrected chi connectivity index (χ3v) is 6.61. The molecule has 0 bridgehead atoms. The standard InChI is InChI=1S/C17H15ClN4O3S2/c18-13-10-3-1-2-4-12(10)27-14(13)16(24)21-20-15(23)11-9-26-17(19-11)22-5-7-25-8-6-22/h1-4,9H,5-8H2,(H,20,23)(H,21,24). The number of ether oxygens (including phenoxy) is 1. The summed E-state index contributed by atoms with van der Waals surface area (Å²) in [6.07, 6.45) is 0. The number of carbonyl (C=O) groups excluding carboxylic acids is 2. The van der Waals surface area contributed by atoms with Crippen LogP contribution in [0.25, 0.3) is 10.1 Å². The summed E-state index contributed by atoms with van der Waals surface area (Å²) in [6.45, 7) is 2.78. The van der Waals surface area contributed by atoms with Crippen LogP contribution < -0.4 is 15.8 Å². The van der Waals surface area contributed by atoms with Gasteiger partial charge in [-0.15, -0.1) is 22.7 Å². The Balaban J connectivity index is 1.40. The number of carbonyl (C=O) groups is 2. The summed E-state index contributed by atoms with van der Waals surface area (Å²) in [7, 11) is 0. The van der Waals surface area contributed by atoms with Crippen molar-refractivity contribution in [2.75, 3.05) is 31.2 Å². The van der Waals surface area contributed by atoms with Gasteiger partial charge in [-0.25, -0.2) is 4.98 Å². The summed E-state index contributed by atoms with van der Waals surface area (Å²) in [4.78, 5) is 31.4. The molecule has 0 unspecified atom stereocenters. The smallest absolute Gasteiger partial charge is 0.289 e. The van der Waals surface area contributed by atoms with E-state index in [1.54, 1.807) is 5.38 Å². The van der Waals surface area contributed by atoms with Gasteiger partial charge in [0, 0.05) is 28.6 Å². The van der Waals surface area contributed by atoms with E-state index in [0.29, 0.717) is 23.1 Å². The number of rotatable bonds is 3. The fourth-order valence-corrected chi connectivity index (χ4v) is 4.93. The second kappa shape index (κ2) is 7.81. The molecule has 4 rings (SSSR count). The molecule has 0 saturated carbocycles. The Labute approximate surface area is 167 Å². The molecule has 3 aromatic rings. The van der Waals surface area contributed by atoms with Gasteiger partial charge < -0.3 is 9.64 Å². The van der Waals surface area contributed by atoms with Gasteiger partial charge in [-0.05, 0) is 6.07 Å². The Bertz CT molecular complexity index is 997. The topological polar surface area (TPSA) is 83.6 Å². The summed E-state index contributed by atoms with van der Waals surface area (Å²) in [6, 6.07) is 7.49. The number of hydrogen-bond acceptors (Lipinski definition) is 7. The van der Waals surface area contributed by atoms with Gasteiger partial charge in [-0.3, -0.25) is 20.4 Å². The molecule has 0 atom stereocenters. The van der Waals surface area contributed by atoms with Gasteiger partial charge in [0.25, 0.3) is 11.8 Å². The normalized spacial score (nSPS) is 14.3. The molecule has 1 saturated heterocycles. The number of fused-ring (bicyclic) bond motifs is 1. The summed E-state index contributed by atoms with van der Waals surface area (Å²) in [5, 5.41) is 3.63. The fraction of sp³-hybridized carbons (Fsp3) is 0.235. The number of aromatic nitrogens is 1. The maximum atomic E-state index is 12.4.